The Labute approximate surface area is 379 Å². The van der Waals surface area contributed by atoms with E-state index in [9.17, 15) is 54.6 Å². The van der Waals surface area contributed by atoms with Crippen molar-refractivity contribution >= 4 is 29.2 Å². The van der Waals surface area contributed by atoms with E-state index >= 15 is 0 Å². The lowest BCUT2D eigenvalue weighted by Gasteiger charge is -2.42. The molecular weight excluding hydrogens is 823 g/mol. The molecule has 0 spiro atoms. The van der Waals surface area contributed by atoms with Crippen LogP contribution in [0.4, 0.5) is 0 Å². The molecule has 1 aliphatic carbocycles. The first-order valence-corrected chi connectivity index (χ1v) is 23.7. The minimum atomic E-state index is -2.50. The van der Waals surface area contributed by atoms with Gasteiger partial charge in [0.15, 0.2) is 0 Å². The fraction of sp³-hybridized carbons (Fsp3) is 0.740. The van der Waals surface area contributed by atoms with E-state index in [1.807, 2.05) is 26.0 Å². The largest absolute Gasteiger partial charge is 0.460 e. The third-order valence-corrected chi connectivity index (χ3v) is 14.5. The number of piperidine rings is 1. The van der Waals surface area contributed by atoms with Gasteiger partial charge in [0.2, 0.25) is 5.79 Å². The summed E-state index contributed by atoms with van der Waals surface area (Å²) in [5, 5.41) is 64.9. The zero-order valence-corrected chi connectivity index (χ0v) is 39.1. The van der Waals surface area contributed by atoms with Crippen molar-refractivity contribution in [2.45, 2.75) is 168 Å². The van der Waals surface area contributed by atoms with Crippen molar-refractivity contribution < 1.29 is 64.1 Å². The summed E-state index contributed by atoms with van der Waals surface area (Å²) in [5.41, 5.74) is 0.941. The van der Waals surface area contributed by atoms with Gasteiger partial charge in [-0.2, -0.15) is 0 Å². The predicted octanol–water partition coefficient (Wildman–Crippen LogP) is 4.71. The smallest absolute Gasteiger partial charge is 0.329 e. The molecule has 2 saturated heterocycles. The second-order valence-corrected chi connectivity index (χ2v) is 19.7. The van der Waals surface area contributed by atoms with Crippen molar-refractivity contribution in [3.63, 3.8) is 0 Å². The quantitative estimate of drug-likeness (QED) is 0.125. The van der Waals surface area contributed by atoms with Crippen LogP contribution in [0.15, 0.2) is 47.6 Å². The van der Waals surface area contributed by atoms with Gasteiger partial charge in [-0.1, -0.05) is 71.1 Å². The number of fused-ring (bicyclic) bond motifs is 3. The number of aliphatic hydroxyl groups is 6. The third-order valence-electron chi connectivity index (χ3n) is 14.5. The van der Waals surface area contributed by atoms with Crippen LogP contribution in [0.25, 0.3) is 0 Å². The molecule has 1 saturated carbocycles. The first-order valence-electron chi connectivity index (χ1n) is 23.7. The highest BCUT2D eigenvalue weighted by molar-refractivity contribution is 6.39. The zero-order valence-electron chi connectivity index (χ0n) is 39.1. The summed E-state index contributed by atoms with van der Waals surface area (Å²) in [4.78, 5) is 71.3. The minimum absolute atomic E-state index is 0.0359. The maximum atomic E-state index is 14.3. The highest BCUT2D eigenvalue weighted by Gasteiger charge is 2.53. The number of carbonyl (C=O) groups excluding carboxylic acids is 5. The Kier molecular flexibility index (Phi) is 20.3. The van der Waals surface area contributed by atoms with Crippen molar-refractivity contribution in [1.29, 1.82) is 0 Å². The Morgan fingerprint density at radius 2 is 1.56 bits per heavy atom. The minimum Gasteiger partial charge on any atom is -0.460 e. The molecule has 14 nitrogen and oxygen atoms in total. The summed E-state index contributed by atoms with van der Waals surface area (Å²) in [6.45, 7) is 11.5. The number of ketones is 3. The van der Waals surface area contributed by atoms with E-state index in [0.29, 0.717) is 68.9 Å². The van der Waals surface area contributed by atoms with Crippen molar-refractivity contribution in [2.75, 3.05) is 19.8 Å². The molecule has 0 radical (unpaired) electrons. The van der Waals surface area contributed by atoms with Gasteiger partial charge in [-0.3, -0.25) is 19.2 Å². The standard InChI is InChI=1S/C50H77NO13/c1-29-13-9-8-10-14-30(2)42(55)25-38-18-16-35(7)50(62,64-38)47(59)48(60)51-20-12-11-15-40(51)49(61)63-44(32(4)23-36-17-19-41(54)37(24-36)27-52)26-43(56)31(3)22-34(6)46(58)39(28-53)45(57)33(5)21-29/h8-10,13-14,22,29,31-33,35-42,44,46,52-55,58,62H,11-12,15-21,23-28H2,1-7H3/t29-,31-,32-,33-,35-,36+,37+,38+,39+,40+,41-,42?,44+,46-,50-/m1/s1. The maximum Gasteiger partial charge on any atom is 0.329 e. The van der Waals surface area contributed by atoms with E-state index in [1.54, 1.807) is 58.9 Å². The molecule has 15 atom stereocenters. The summed E-state index contributed by atoms with van der Waals surface area (Å²) in [6.07, 6.45) is 10.4. The zero-order chi connectivity index (χ0) is 47.5. The van der Waals surface area contributed by atoms with Gasteiger partial charge in [-0.15, -0.1) is 0 Å². The molecule has 64 heavy (non-hydrogen) atoms. The van der Waals surface area contributed by atoms with E-state index < -0.39 is 90.3 Å². The van der Waals surface area contributed by atoms with Gasteiger partial charge < -0.3 is 45.0 Å². The first kappa shape index (κ1) is 53.2. The molecule has 4 rings (SSSR count). The molecule has 1 amide bonds. The average molecular weight is 900 g/mol. The molecule has 1 unspecified atom stereocenters. The number of aliphatic hydroxyl groups excluding tert-OH is 5. The van der Waals surface area contributed by atoms with E-state index in [1.165, 1.54) is 0 Å². The average Bonchev–Trinajstić information content (AvgIpc) is 3.26. The summed E-state index contributed by atoms with van der Waals surface area (Å²) in [5.74, 6) is -10.0. The molecule has 3 aliphatic heterocycles. The SMILES string of the molecule is CC1=CC=CC=C[C@@H](C)C[C@@H](C)C(=O)[C@H](CO)[C@H](O)C(C)=C[C@@H](C)C(=O)C[C@@H]([C@H](C)C[C@@H]2CC[C@@H](O)[C@H](CO)C2)OC(=O)[C@@H]2CCCCN2C(=O)C(=O)[C@]2(O)O[C@@H](CC[C@H]2C)CC1O. The van der Waals surface area contributed by atoms with E-state index in [0.717, 1.165) is 4.90 Å². The molecule has 6 N–H and O–H groups in total. The Bertz CT molecular complexity index is 1740. The van der Waals surface area contributed by atoms with Gasteiger partial charge in [0.25, 0.3) is 11.7 Å². The van der Waals surface area contributed by atoms with Gasteiger partial charge in [-0.05, 0) is 107 Å². The summed E-state index contributed by atoms with van der Waals surface area (Å²) in [7, 11) is 0. The number of amides is 1. The molecule has 0 aromatic carbocycles. The summed E-state index contributed by atoms with van der Waals surface area (Å²) < 4.78 is 12.2. The van der Waals surface area contributed by atoms with Crippen LogP contribution in [0.1, 0.15) is 126 Å². The highest BCUT2D eigenvalue weighted by atomic mass is 16.6. The monoisotopic (exact) mass is 900 g/mol. The number of nitrogens with zero attached hydrogens (tertiary/aromatic N) is 1. The van der Waals surface area contributed by atoms with Crippen LogP contribution in [0, 0.1) is 47.3 Å². The number of rotatable bonds is 5. The first-order chi connectivity index (χ1) is 30.2. The van der Waals surface area contributed by atoms with Gasteiger partial charge in [-0.25, -0.2) is 4.79 Å². The molecule has 3 heterocycles. The van der Waals surface area contributed by atoms with Crippen LogP contribution in [-0.4, -0.2) is 127 Å². The number of allylic oxidation sites excluding steroid dienone is 6. The van der Waals surface area contributed by atoms with Crippen LogP contribution in [-0.2, 0) is 33.4 Å². The topological polar surface area (TPSA) is 228 Å². The lowest BCUT2D eigenvalue weighted by molar-refractivity contribution is -0.265. The molecule has 0 aromatic rings. The number of cyclic esters (lactones) is 1. The number of hydrogen-bond acceptors (Lipinski definition) is 13. The second-order valence-electron chi connectivity index (χ2n) is 19.7. The Morgan fingerprint density at radius 1 is 0.844 bits per heavy atom. The lowest BCUT2D eigenvalue weighted by atomic mass is 9.75. The lowest BCUT2D eigenvalue weighted by Crippen LogP contribution is -2.61. The fourth-order valence-electron chi connectivity index (χ4n) is 10.0. The second kappa shape index (κ2) is 24.4. The molecular formula is C50H77NO13. The van der Waals surface area contributed by atoms with E-state index in [2.05, 4.69) is 0 Å². The van der Waals surface area contributed by atoms with Gasteiger partial charge in [0, 0.05) is 49.7 Å². The van der Waals surface area contributed by atoms with Crippen molar-refractivity contribution in [1.82, 2.24) is 4.90 Å². The number of carbonyl (C=O) groups is 5. The number of esters is 1. The van der Waals surface area contributed by atoms with Crippen LogP contribution in [0.5, 0.6) is 0 Å². The highest BCUT2D eigenvalue weighted by Crippen LogP contribution is 2.38. The van der Waals surface area contributed by atoms with Gasteiger partial charge in [0.05, 0.1) is 36.9 Å². The third kappa shape index (κ3) is 13.8. The predicted molar refractivity (Wildman–Crippen MR) is 240 cm³/mol. The molecule has 4 aliphatic rings. The van der Waals surface area contributed by atoms with E-state index in [4.69, 9.17) is 9.47 Å². The molecule has 14 heteroatoms. The number of Topliss-reactive ketones (excluding diaryl/α,β-unsaturated/α-hetero) is 3. The van der Waals surface area contributed by atoms with Crippen LogP contribution in [0.2, 0.25) is 0 Å². The molecule has 2 bridgehead atoms. The number of ether oxygens (including phenoxy) is 2. The van der Waals surface area contributed by atoms with Crippen LogP contribution >= 0.6 is 0 Å². The molecule has 3 fully saturated rings. The summed E-state index contributed by atoms with van der Waals surface area (Å²) in [6, 6.07) is -1.18. The van der Waals surface area contributed by atoms with Crippen molar-refractivity contribution in [3.8, 4) is 0 Å². The van der Waals surface area contributed by atoms with Gasteiger partial charge >= 0.3 is 5.97 Å². The molecule has 0 aromatic heterocycles. The van der Waals surface area contributed by atoms with Crippen molar-refractivity contribution in [3.05, 3.63) is 47.6 Å². The number of hydrogen-bond donors (Lipinski definition) is 6. The summed E-state index contributed by atoms with van der Waals surface area (Å²) >= 11 is 0. The van der Waals surface area contributed by atoms with E-state index in [-0.39, 0.29) is 67.7 Å². The molecule has 360 valence electrons. The van der Waals surface area contributed by atoms with Crippen molar-refractivity contribution in [2.24, 2.45) is 47.3 Å². The van der Waals surface area contributed by atoms with Gasteiger partial charge in [0.1, 0.15) is 23.7 Å². The van der Waals surface area contributed by atoms with Crippen LogP contribution < -0.4 is 0 Å². The van der Waals surface area contributed by atoms with Crippen LogP contribution in [0.3, 0.4) is 0 Å². The Hall–Kier alpha value is -3.37. The Morgan fingerprint density at radius 3 is 2.25 bits per heavy atom. The normalized spacial score (nSPS) is 38.2. The Balaban J connectivity index is 1.69. The fourth-order valence-corrected chi connectivity index (χ4v) is 10.0. The maximum absolute atomic E-state index is 14.3.